The Morgan fingerprint density at radius 3 is 2.39 bits per heavy atom. The second-order valence-electron chi connectivity index (χ2n) is 5.40. The molecule has 1 aliphatic rings. The van der Waals surface area contributed by atoms with Crippen LogP contribution in [0.5, 0.6) is 0 Å². The van der Waals surface area contributed by atoms with Crippen LogP contribution in [0.3, 0.4) is 0 Å². The molecule has 0 bridgehead atoms. The molecule has 0 unspecified atom stereocenters. The number of hydrogen-bond acceptors (Lipinski definition) is 4. The van der Waals surface area contributed by atoms with E-state index in [4.69, 9.17) is 4.74 Å². The summed E-state index contributed by atoms with van der Waals surface area (Å²) in [7, 11) is 1.59. The predicted octanol–water partition coefficient (Wildman–Crippen LogP) is 0.0188. The Bertz CT molecular complexity index is 360. The van der Waals surface area contributed by atoms with Crippen molar-refractivity contribution in [2.75, 3.05) is 26.7 Å². The zero-order valence-corrected chi connectivity index (χ0v) is 11.4. The molecule has 0 radical (unpaired) electrons. The van der Waals surface area contributed by atoms with E-state index in [0.29, 0.717) is 0 Å². The van der Waals surface area contributed by atoms with Crippen LogP contribution in [0.1, 0.15) is 27.2 Å². The van der Waals surface area contributed by atoms with Crippen LogP contribution in [0, 0.1) is 0 Å². The maximum Gasteiger partial charge on any atom is 0.308 e. The lowest BCUT2D eigenvalue weighted by molar-refractivity contribution is -0.157. The topological polar surface area (TPSA) is 66.9 Å². The second-order valence-corrected chi connectivity index (χ2v) is 5.40. The van der Waals surface area contributed by atoms with Crippen molar-refractivity contribution in [2.45, 2.75) is 32.8 Å². The highest BCUT2D eigenvalue weighted by molar-refractivity contribution is 5.92. The van der Waals surface area contributed by atoms with Crippen LogP contribution in [0.15, 0.2) is 0 Å². The van der Waals surface area contributed by atoms with Gasteiger partial charge in [-0.2, -0.15) is 0 Å². The van der Waals surface area contributed by atoms with Crippen molar-refractivity contribution in [2.24, 2.45) is 0 Å². The lowest BCUT2D eigenvalue weighted by atomic mass is 10.2. The van der Waals surface area contributed by atoms with Gasteiger partial charge in [0.15, 0.2) is 0 Å². The van der Waals surface area contributed by atoms with Gasteiger partial charge in [0.2, 0.25) is 11.8 Å². The Hall–Kier alpha value is -1.59. The highest BCUT2D eigenvalue weighted by atomic mass is 16.6. The highest BCUT2D eigenvalue weighted by Crippen LogP contribution is 2.09. The van der Waals surface area contributed by atoms with Gasteiger partial charge in [-0.05, 0) is 20.8 Å². The molecule has 18 heavy (non-hydrogen) atoms. The Labute approximate surface area is 107 Å². The van der Waals surface area contributed by atoms with Crippen molar-refractivity contribution >= 4 is 17.8 Å². The summed E-state index contributed by atoms with van der Waals surface area (Å²) < 4.78 is 5.14. The maximum atomic E-state index is 11.6. The second kappa shape index (κ2) is 5.37. The van der Waals surface area contributed by atoms with E-state index in [1.807, 2.05) is 0 Å². The number of hydrogen-bond donors (Lipinski definition) is 0. The minimum Gasteiger partial charge on any atom is -0.460 e. The third-order valence-electron chi connectivity index (χ3n) is 2.48. The number of amides is 2. The van der Waals surface area contributed by atoms with Crippen LogP contribution in [0.25, 0.3) is 0 Å². The molecular weight excluding hydrogens is 236 g/mol. The zero-order valence-electron chi connectivity index (χ0n) is 11.4. The molecular formula is C12H20N2O4. The molecule has 2 amide bonds. The summed E-state index contributed by atoms with van der Waals surface area (Å²) in [6, 6.07) is 0. The molecule has 0 aromatic rings. The van der Waals surface area contributed by atoms with Gasteiger partial charge >= 0.3 is 5.97 Å². The minimum absolute atomic E-state index is 0.0398. The fourth-order valence-electron chi connectivity index (χ4n) is 1.59. The summed E-state index contributed by atoms with van der Waals surface area (Å²) in [5.74, 6) is -0.610. The average Bonchev–Trinajstić information content (AvgIpc) is 2.19. The van der Waals surface area contributed by atoms with Gasteiger partial charge < -0.3 is 14.5 Å². The van der Waals surface area contributed by atoms with Gasteiger partial charge in [0, 0.05) is 13.6 Å². The first-order valence-corrected chi connectivity index (χ1v) is 5.92. The van der Waals surface area contributed by atoms with E-state index in [0.717, 1.165) is 0 Å². The molecule has 1 heterocycles. The normalized spacial score (nSPS) is 17.1. The molecule has 1 rings (SSSR count). The van der Waals surface area contributed by atoms with Crippen molar-refractivity contribution in [3.05, 3.63) is 0 Å². The molecule has 1 fully saturated rings. The van der Waals surface area contributed by atoms with Crippen molar-refractivity contribution in [1.82, 2.24) is 9.80 Å². The van der Waals surface area contributed by atoms with Crippen LogP contribution in [-0.2, 0) is 19.1 Å². The molecule has 1 aliphatic heterocycles. The molecule has 0 saturated carbocycles. The Morgan fingerprint density at radius 2 is 1.83 bits per heavy atom. The van der Waals surface area contributed by atoms with Gasteiger partial charge in [-0.25, -0.2) is 0 Å². The van der Waals surface area contributed by atoms with Crippen molar-refractivity contribution < 1.29 is 19.1 Å². The molecule has 6 heteroatoms. The van der Waals surface area contributed by atoms with E-state index >= 15 is 0 Å². The molecule has 0 N–H and O–H groups in total. The number of carbonyl (C=O) groups excluding carboxylic acids is 3. The number of ether oxygens (including phenoxy) is 1. The van der Waals surface area contributed by atoms with E-state index in [2.05, 4.69) is 0 Å². The first kappa shape index (κ1) is 14.5. The summed E-state index contributed by atoms with van der Waals surface area (Å²) in [5, 5.41) is 0. The third-order valence-corrected chi connectivity index (χ3v) is 2.48. The number of esters is 1. The van der Waals surface area contributed by atoms with Gasteiger partial charge in [-0.15, -0.1) is 0 Å². The van der Waals surface area contributed by atoms with Crippen molar-refractivity contribution in [1.29, 1.82) is 0 Å². The number of nitrogens with zero attached hydrogens (tertiary/aromatic N) is 2. The monoisotopic (exact) mass is 256 g/mol. The minimum atomic E-state index is -0.529. The summed E-state index contributed by atoms with van der Waals surface area (Å²) in [6.45, 7) is 5.71. The fourth-order valence-corrected chi connectivity index (χ4v) is 1.59. The lowest BCUT2D eigenvalue weighted by Gasteiger charge is -2.31. The summed E-state index contributed by atoms with van der Waals surface area (Å²) in [4.78, 5) is 37.3. The van der Waals surface area contributed by atoms with Crippen LogP contribution in [0.2, 0.25) is 0 Å². The molecule has 0 aromatic carbocycles. The smallest absolute Gasteiger partial charge is 0.308 e. The molecule has 6 nitrogen and oxygen atoms in total. The Balaban J connectivity index is 2.42. The van der Waals surface area contributed by atoms with E-state index < -0.39 is 5.60 Å². The fraction of sp³-hybridized carbons (Fsp3) is 0.750. The third kappa shape index (κ3) is 4.35. The summed E-state index contributed by atoms with van der Waals surface area (Å²) in [5.41, 5.74) is -0.529. The number of piperazine rings is 1. The summed E-state index contributed by atoms with van der Waals surface area (Å²) in [6.07, 6.45) is 0.111. The van der Waals surface area contributed by atoms with Crippen molar-refractivity contribution in [3.8, 4) is 0 Å². The molecule has 0 aliphatic carbocycles. The van der Waals surface area contributed by atoms with Crippen molar-refractivity contribution in [3.63, 3.8) is 0 Å². The van der Waals surface area contributed by atoms with Crippen LogP contribution >= 0.6 is 0 Å². The van der Waals surface area contributed by atoms with Gasteiger partial charge in [0.1, 0.15) is 5.60 Å². The molecule has 102 valence electrons. The molecule has 0 aromatic heterocycles. The van der Waals surface area contributed by atoms with E-state index in [-0.39, 0.29) is 43.8 Å². The van der Waals surface area contributed by atoms with Gasteiger partial charge in [0.05, 0.1) is 19.5 Å². The van der Waals surface area contributed by atoms with Crippen LogP contribution in [0.4, 0.5) is 0 Å². The highest BCUT2D eigenvalue weighted by Gasteiger charge is 2.28. The largest absolute Gasteiger partial charge is 0.460 e. The molecule has 0 atom stereocenters. The summed E-state index contributed by atoms with van der Waals surface area (Å²) >= 11 is 0. The average molecular weight is 256 g/mol. The molecule has 0 spiro atoms. The maximum absolute atomic E-state index is 11.6. The van der Waals surface area contributed by atoms with Gasteiger partial charge in [-0.3, -0.25) is 14.4 Å². The Kier molecular flexibility index (Phi) is 4.32. The van der Waals surface area contributed by atoms with E-state index in [1.54, 1.807) is 27.8 Å². The SMILES string of the molecule is CN1CC(=O)N(CCC(=O)OC(C)(C)C)CC1=O. The first-order chi connectivity index (χ1) is 8.19. The first-order valence-electron chi connectivity index (χ1n) is 5.92. The van der Waals surface area contributed by atoms with Crippen LogP contribution < -0.4 is 0 Å². The molecule has 1 saturated heterocycles. The Morgan fingerprint density at radius 1 is 1.22 bits per heavy atom. The lowest BCUT2D eigenvalue weighted by Crippen LogP contribution is -2.52. The van der Waals surface area contributed by atoms with Crippen LogP contribution in [-0.4, -0.2) is 59.9 Å². The number of likely N-dealkylation sites (N-methyl/N-ethyl adjacent to an activating group) is 1. The predicted molar refractivity (Wildman–Crippen MR) is 64.7 cm³/mol. The van der Waals surface area contributed by atoms with E-state index in [9.17, 15) is 14.4 Å². The standard InChI is InChI=1S/C12H20N2O4/c1-12(2,3)18-11(17)5-6-14-8-9(15)13(4)7-10(14)16/h5-8H2,1-4H3. The van der Waals surface area contributed by atoms with E-state index in [1.165, 1.54) is 9.80 Å². The number of rotatable bonds is 3. The zero-order chi connectivity index (χ0) is 13.9. The van der Waals surface area contributed by atoms with Gasteiger partial charge in [0.25, 0.3) is 0 Å². The quantitative estimate of drug-likeness (QED) is 0.668. The van der Waals surface area contributed by atoms with Gasteiger partial charge in [-0.1, -0.05) is 0 Å². The number of carbonyl (C=O) groups is 3.